The van der Waals surface area contributed by atoms with Crippen LogP contribution in [0.2, 0.25) is 0 Å². The normalized spacial score (nSPS) is 10.6. The van der Waals surface area contributed by atoms with Crippen molar-refractivity contribution >= 4 is 0 Å². The lowest BCUT2D eigenvalue weighted by Crippen LogP contribution is -2.01. The van der Waals surface area contributed by atoms with E-state index < -0.39 is 0 Å². The van der Waals surface area contributed by atoms with Gasteiger partial charge in [-0.05, 0) is 18.1 Å². The standard InChI is InChI=1S/C17H17N3O2/c1-2-13-8-14(15-9-16(21)20-19-15)10-18-17(13)22-11-12-6-4-3-5-7-12/h3-10H,2,11H2,1H3,(H2,19,20,21). The number of aromatic nitrogens is 3. The first-order valence-corrected chi connectivity index (χ1v) is 7.20. The summed E-state index contributed by atoms with van der Waals surface area (Å²) in [5, 5.41) is 5.36. The van der Waals surface area contributed by atoms with Gasteiger partial charge in [0.25, 0.3) is 5.56 Å². The van der Waals surface area contributed by atoms with Gasteiger partial charge in [0.15, 0.2) is 0 Å². The maximum atomic E-state index is 11.2. The van der Waals surface area contributed by atoms with Crippen molar-refractivity contribution < 1.29 is 4.74 Å². The molecule has 0 aliphatic rings. The molecule has 5 heteroatoms. The molecule has 0 saturated carbocycles. The monoisotopic (exact) mass is 295 g/mol. The Hall–Kier alpha value is -2.82. The average molecular weight is 295 g/mol. The number of pyridine rings is 1. The van der Waals surface area contributed by atoms with E-state index in [1.807, 2.05) is 36.4 Å². The van der Waals surface area contributed by atoms with Gasteiger partial charge in [-0.15, -0.1) is 0 Å². The summed E-state index contributed by atoms with van der Waals surface area (Å²) in [4.78, 5) is 15.6. The lowest BCUT2D eigenvalue weighted by molar-refractivity contribution is 0.291. The van der Waals surface area contributed by atoms with Crippen LogP contribution in [-0.2, 0) is 13.0 Å². The number of benzene rings is 1. The molecule has 0 aliphatic carbocycles. The van der Waals surface area contributed by atoms with E-state index in [1.54, 1.807) is 6.20 Å². The number of aromatic amines is 2. The third kappa shape index (κ3) is 3.09. The minimum atomic E-state index is -0.155. The summed E-state index contributed by atoms with van der Waals surface area (Å²) in [5.41, 5.74) is 3.54. The van der Waals surface area contributed by atoms with Gasteiger partial charge in [-0.2, -0.15) is 0 Å². The van der Waals surface area contributed by atoms with Gasteiger partial charge in [0.2, 0.25) is 5.88 Å². The highest BCUT2D eigenvalue weighted by Gasteiger charge is 2.08. The van der Waals surface area contributed by atoms with Crippen molar-refractivity contribution in [2.24, 2.45) is 0 Å². The Morgan fingerprint density at radius 2 is 1.95 bits per heavy atom. The van der Waals surface area contributed by atoms with E-state index in [-0.39, 0.29) is 5.56 Å². The van der Waals surface area contributed by atoms with E-state index in [2.05, 4.69) is 22.1 Å². The largest absolute Gasteiger partial charge is 0.473 e. The zero-order chi connectivity index (χ0) is 15.4. The minimum Gasteiger partial charge on any atom is -0.473 e. The predicted molar refractivity (Wildman–Crippen MR) is 84.8 cm³/mol. The smallest absolute Gasteiger partial charge is 0.264 e. The van der Waals surface area contributed by atoms with E-state index in [0.717, 1.165) is 28.8 Å². The highest BCUT2D eigenvalue weighted by atomic mass is 16.5. The fourth-order valence-electron chi connectivity index (χ4n) is 2.24. The Bertz CT molecular complexity index is 806. The molecule has 3 rings (SSSR count). The quantitative estimate of drug-likeness (QED) is 0.760. The zero-order valence-electron chi connectivity index (χ0n) is 12.3. The minimum absolute atomic E-state index is 0.155. The number of aryl methyl sites for hydroxylation is 1. The molecular formula is C17H17N3O2. The second-order valence-corrected chi connectivity index (χ2v) is 4.99. The van der Waals surface area contributed by atoms with Gasteiger partial charge in [0.1, 0.15) is 6.61 Å². The topological polar surface area (TPSA) is 70.8 Å². The lowest BCUT2D eigenvalue weighted by atomic mass is 10.1. The molecule has 0 atom stereocenters. The molecule has 5 nitrogen and oxygen atoms in total. The molecule has 2 aromatic heterocycles. The summed E-state index contributed by atoms with van der Waals surface area (Å²) < 4.78 is 5.82. The highest BCUT2D eigenvalue weighted by Crippen LogP contribution is 2.23. The Kier molecular flexibility index (Phi) is 4.05. The summed E-state index contributed by atoms with van der Waals surface area (Å²) in [5.74, 6) is 0.632. The predicted octanol–water partition coefficient (Wildman–Crippen LogP) is 2.91. The van der Waals surface area contributed by atoms with Crippen molar-refractivity contribution in [3.63, 3.8) is 0 Å². The molecule has 0 radical (unpaired) electrons. The molecule has 0 spiro atoms. The lowest BCUT2D eigenvalue weighted by Gasteiger charge is -2.10. The highest BCUT2D eigenvalue weighted by molar-refractivity contribution is 5.59. The third-order valence-electron chi connectivity index (χ3n) is 3.43. The number of ether oxygens (including phenoxy) is 1. The summed E-state index contributed by atoms with van der Waals surface area (Å²) in [6.07, 6.45) is 2.51. The van der Waals surface area contributed by atoms with E-state index >= 15 is 0 Å². The summed E-state index contributed by atoms with van der Waals surface area (Å²) >= 11 is 0. The molecule has 0 unspecified atom stereocenters. The summed E-state index contributed by atoms with van der Waals surface area (Å²) in [6.45, 7) is 2.54. The molecule has 0 fully saturated rings. The van der Waals surface area contributed by atoms with Crippen molar-refractivity contribution in [1.29, 1.82) is 0 Å². The van der Waals surface area contributed by atoms with Gasteiger partial charge in [0.05, 0.1) is 5.69 Å². The van der Waals surface area contributed by atoms with Gasteiger partial charge in [-0.1, -0.05) is 37.3 Å². The number of hydrogen-bond acceptors (Lipinski definition) is 3. The van der Waals surface area contributed by atoms with Crippen LogP contribution in [0.1, 0.15) is 18.1 Å². The van der Waals surface area contributed by atoms with Crippen LogP contribution in [0, 0.1) is 0 Å². The molecule has 0 bridgehead atoms. The van der Waals surface area contributed by atoms with Crippen molar-refractivity contribution in [3.05, 3.63) is 70.1 Å². The van der Waals surface area contributed by atoms with Crippen molar-refractivity contribution in [2.45, 2.75) is 20.0 Å². The molecule has 112 valence electrons. The molecular weight excluding hydrogens is 278 g/mol. The molecule has 3 aromatic rings. The number of nitrogens with one attached hydrogen (secondary N) is 2. The number of hydrogen-bond donors (Lipinski definition) is 2. The fraction of sp³-hybridized carbons (Fsp3) is 0.176. The molecule has 22 heavy (non-hydrogen) atoms. The SMILES string of the molecule is CCc1cc(-c2cc(=O)[nH][nH]2)cnc1OCc1ccccc1. The zero-order valence-corrected chi connectivity index (χ0v) is 12.3. The van der Waals surface area contributed by atoms with Crippen molar-refractivity contribution in [1.82, 2.24) is 15.2 Å². The molecule has 1 aromatic carbocycles. The van der Waals surface area contributed by atoms with Crippen LogP contribution in [0.15, 0.2) is 53.5 Å². The Balaban J connectivity index is 1.81. The van der Waals surface area contributed by atoms with Crippen LogP contribution in [0.5, 0.6) is 5.88 Å². The van der Waals surface area contributed by atoms with Crippen molar-refractivity contribution in [2.75, 3.05) is 0 Å². The van der Waals surface area contributed by atoms with Crippen LogP contribution in [0.3, 0.4) is 0 Å². The summed E-state index contributed by atoms with van der Waals surface area (Å²) in [6, 6.07) is 13.5. The molecule has 2 heterocycles. The summed E-state index contributed by atoms with van der Waals surface area (Å²) in [7, 11) is 0. The molecule has 0 aliphatic heterocycles. The first-order valence-electron chi connectivity index (χ1n) is 7.20. The van der Waals surface area contributed by atoms with Crippen LogP contribution in [0.25, 0.3) is 11.3 Å². The number of H-pyrrole nitrogens is 2. The Labute approximate surface area is 128 Å². The molecule has 0 saturated heterocycles. The van der Waals surface area contributed by atoms with Gasteiger partial charge in [-0.25, -0.2) is 4.98 Å². The van der Waals surface area contributed by atoms with Crippen molar-refractivity contribution in [3.8, 4) is 17.1 Å². The number of rotatable bonds is 5. The fourth-order valence-corrected chi connectivity index (χ4v) is 2.24. The maximum Gasteiger partial charge on any atom is 0.264 e. The second-order valence-electron chi connectivity index (χ2n) is 4.99. The van der Waals surface area contributed by atoms with E-state index in [1.165, 1.54) is 6.07 Å². The average Bonchev–Trinajstić information content (AvgIpc) is 3.00. The van der Waals surface area contributed by atoms with Crippen LogP contribution in [-0.4, -0.2) is 15.2 Å². The number of nitrogens with zero attached hydrogens (tertiary/aromatic N) is 1. The molecule has 0 amide bonds. The molecule has 2 N–H and O–H groups in total. The maximum absolute atomic E-state index is 11.2. The van der Waals surface area contributed by atoms with E-state index in [4.69, 9.17) is 4.74 Å². The first-order chi connectivity index (χ1) is 10.8. The van der Waals surface area contributed by atoms with Gasteiger partial charge in [0, 0.05) is 23.4 Å². The van der Waals surface area contributed by atoms with Gasteiger partial charge in [-0.3, -0.25) is 15.0 Å². The van der Waals surface area contributed by atoms with E-state index in [9.17, 15) is 4.79 Å². The van der Waals surface area contributed by atoms with Gasteiger partial charge >= 0.3 is 0 Å². The Morgan fingerprint density at radius 1 is 1.14 bits per heavy atom. The van der Waals surface area contributed by atoms with E-state index in [0.29, 0.717) is 12.5 Å². The third-order valence-corrected chi connectivity index (χ3v) is 3.43. The van der Waals surface area contributed by atoms with Gasteiger partial charge < -0.3 is 4.74 Å². The first kappa shape index (κ1) is 14.1. The van der Waals surface area contributed by atoms with Crippen LogP contribution >= 0.6 is 0 Å². The van der Waals surface area contributed by atoms with Crippen LogP contribution < -0.4 is 10.3 Å². The van der Waals surface area contributed by atoms with Crippen LogP contribution in [0.4, 0.5) is 0 Å². The second kappa shape index (κ2) is 6.30. The Morgan fingerprint density at radius 3 is 2.64 bits per heavy atom.